The highest BCUT2D eigenvalue weighted by atomic mass is 16.7. The van der Waals surface area contributed by atoms with E-state index in [1.54, 1.807) is 19.2 Å². The number of benzene rings is 1. The molecular formula is C10H13NO3. The van der Waals surface area contributed by atoms with Crippen LogP contribution in [0.15, 0.2) is 24.3 Å². The SMILES string of the molecule is COc1ccccc1N(OC)C(C)=O. The summed E-state index contributed by atoms with van der Waals surface area (Å²) in [5, 5.41) is 1.18. The van der Waals surface area contributed by atoms with Crippen molar-refractivity contribution >= 4 is 11.6 Å². The number of methoxy groups -OCH3 is 1. The molecular weight excluding hydrogens is 182 g/mol. The van der Waals surface area contributed by atoms with Crippen LogP contribution in [-0.2, 0) is 9.63 Å². The van der Waals surface area contributed by atoms with Gasteiger partial charge < -0.3 is 4.74 Å². The highest BCUT2D eigenvalue weighted by Crippen LogP contribution is 2.27. The van der Waals surface area contributed by atoms with Crippen LogP contribution in [0, 0.1) is 0 Å². The summed E-state index contributed by atoms with van der Waals surface area (Å²) in [4.78, 5) is 16.1. The number of nitrogens with zero attached hydrogens (tertiary/aromatic N) is 1. The van der Waals surface area contributed by atoms with Crippen LogP contribution in [0.3, 0.4) is 0 Å². The Bertz CT molecular complexity index is 325. The summed E-state index contributed by atoms with van der Waals surface area (Å²) in [5.74, 6) is 0.404. The number of amides is 1. The average Bonchev–Trinajstić information content (AvgIpc) is 2.19. The van der Waals surface area contributed by atoms with E-state index in [0.29, 0.717) is 11.4 Å². The number of rotatable bonds is 3. The summed E-state index contributed by atoms with van der Waals surface area (Å²) >= 11 is 0. The number of hydrogen-bond donors (Lipinski definition) is 0. The van der Waals surface area contributed by atoms with Crippen molar-refractivity contribution in [2.24, 2.45) is 0 Å². The van der Waals surface area contributed by atoms with E-state index < -0.39 is 0 Å². The van der Waals surface area contributed by atoms with Gasteiger partial charge in [0.2, 0.25) is 5.91 Å². The minimum atomic E-state index is -0.197. The van der Waals surface area contributed by atoms with Gasteiger partial charge in [-0.3, -0.25) is 9.63 Å². The number of hydroxylamine groups is 1. The molecule has 4 heteroatoms. The van der Waals surface area contributed by atoms with Crippen LogP contribution in [-0.4, -0.2) is 20.1 Å². The van der Waals surface area contributed by atoms with Crippen LogP contribution in [0.4, 0.5) is 5.69 Å². The average molecular weight is 195 g/mol. The molecule has 0 aliphatic heterocycles. The van der Waals surface area contributed by atoms with Gasteiger partial charge in [0.05, 0.1) is 14.2 Å². The molecule has 0 bridgehead atoms. The van der Waals surface area contributed by atoms with Gasteiger partial charge in [-0.25, -0.2) is 0 Å². The maximum atomic E-state index is 11.2. The smallest absolute Gasteiger partial charge is 0.247 e. The lowest BCUT2D eigenvalue weighted by atomic mass is 10.3. The second-order valence-electron chi connectivity index (χ2n) is 2.67. The molecule has 4 nitrogen and oxygen atoms in total. The van der Waals surface area contributed by atoms with Crippen molar-refractivity contribution in [2.45, 2.75) is 6.92 Å². The van der Waals surface area contributed by atoms with E-state index in [1.165, 1.54) is 19.1 Å². The zero-order valence-corrected chi connectivity index (χ0v) is 8.48. The standard InChI is InChI=1S/C10H13NO3/c1-8(12)11(14-3)9-6-4-5-7-10(9)13-2/h4-7H,1-3H3. The molecule has 0 saturated heterocycles. The van der Waals surface area contributed by atoms with E-state index in [-0.39, 0.29) is 5.91 Å². The van der Waals surface area contributed by atoms with E-state index in [4.69, 9.17) is 9.57 Å². The van der Waals surface area contributed by atoms with Crippen LogP contribution >= 0.6 is 0 Å². The van der Waals surface area contributed by atoms with Crippen molar-refractivity contribution in [3.63, 3.8) is 0 Å². The second kappa shape index (κ2) is 4.62. The molecule has 76 valence electrons. The predicted molar refractivity (Wildman–Crippen MR) is 53.2 cm³/mol. The van der Waals surface area contributed by atoms with Crippen LogP contribution in [0.25, 0.3) is 0 Å². The molecule has 1 aromatic rings. The normalized spacial score (nSPS) is 9.64. The molecule has 14 heavy (non-hydrogen) atoms. The van der Waals surface area contributed by atoms with E-state index in [0.717, 1.165) is 0 Å². The third kappa shape index (κ3) is 2.03. The summed E-state index contributed by atoms with van der Waals surface area (Å²) in [6.07, 6.45) is 0. The molecule has 0 fully saturated rings. The molecule has 0 aromatic heterocycles. The third-order valence-electron chi connectivity index (χ3n) is 1.77. The number of carbonyl (C=O) groups excluding carboxylic acids is 1. The van der Waals surface area contributed by atoms with Gasteiger partial charge in [0.25, 0.3) is 0 Å². The van der Waals surface area contributed by atoms with Crippen LogP contribution in [0.1, 0.15) is 6.92 Å². The third-order valence-corrected chi connectivity index (χ3v) is 1.77. The first-order chi connectivity index (χ1) is 6.70. The monoisotopic (exact) mass is 195 g/mol. The fraction of sp³-hybridized carbons (Fsp3) is 0.300. The fourth-order valence-electron chi connectivity index (χ4n) is 1.19. The van der Waals surface area contributed by atoms with Crippen molar-refractivity contribution in [3.8, 4) is 5.75 Å². The Morgan fingerprint density at radius 3 is 2.43 bits per heavy atom. The molecule has 0 aliphatic rings. The summed E-state index contributed by atoms with van der Waals surface area (Å²) < 4.78 is 5.10. The molecule has 1 aromatic carbocycles. The predicted octanol–water partition coefficient (Wildman–Crippen LogP) is 1.61. The van der Waals surface area contributed by atoms with Gasteiger partial charge in [0, 0.05) is 6.92 Å². The highest BCUT2D eigenvalue weighted by molar-refractivity contribution is 5.90. The molecule has 0 aliphatic carbocycles. The van der Waals surface area contributed by atoms with Gasteiger partial charge in [0.1, 0.15) is 11.4 Å². The van der Waals surface area contributed by atoms with Crippen molar-refractivity contribution in [1.29, 1.82) is 0 Å². The molecule has 0 spiro atoms. The Balaban J connectivity index is 3.08. The van der Waals surface area contributed by atoms with Gasteiger partial charge in [-0.05, 0) is 12.1 Å². The summed E-state index contributed by atoms with van der Waals surface area (Å²) in [6, 6.07) is 7.16. The zero-order valence-electron chi connectivity index (χ0n) is 8.48. The lowest BCUT2D eigenvalue weighted by Crippen LogP contribution is -2.27. The number of carbonyl (C=O) groups is 1. The maximum absolute atomic E-state index is 11.2. The topological polar surface area (TPSA) is 38.8 Å². The van der Waals surface area contributed by atoms with Gasteiger partial charge in [-0.2, -0.15) is 5.06 Å². The van der Waals surface area contributed by atoms with E-state index in [1.807, 2.05) is 12.1 Å². The minimum Gasteiger partial charge on any atom is -0.494 e. The molecule has 0 saturated carbocycles. The molecule has 0 heterocycles. The van der Waals surface area contributed by atoms with Gasteiger partial charge in [-0.15, -0.1) is 0 Å². The lowest BCUT2D eigenvalue weighted by Gasteiger charge is -2.19. The minimum absolute atomic E-state index is 0.197. The van der Waals surface area contributed by atoms with Gasteiger partial charge >= 0.3 is 0 Å². The van der Waals surface area contributed by atoms with Crippen molar-refractivity contribution in [3.05, 3.63) is 24.3 Å². The van der Waals surface area contributed by atoms with Crippen molar-refractivity contribution in [2.75, 3.05) is 19.3 Å². The quantitative estimate of drug-likeness (QED) is 0.688. The van der Waals surface area contributed by atoms with Crippen molar-refractivity contribution in [1.82, 2.24) is 0 Å². The van der Waals surface area contributed by atoms with Gasteiger partial charge in [-0.1, -0.05) is 12.1 Å². The van der Waals surface area contributed by atoms with Crippen molar-refractivity contribution < 1.29 is 14.4 Å². The van der Waals surface area contributed by atoms with Crippen LogP contribution in [0.5, 0.6) is 5.75 Å². The number of ether oxygens (including phenoxy) is 1. The number of anilines is 1. The van der Waals surface area contributed by atoms with E-state index >= 15 is 0 Å². The molecule has 0 radical (unpaired) electrons. The molecule has 1 rings (SSSR count). The second-order valence-corrected chi connectivity index (χ2v) is 2.67. The lowest BCUT2D eigenvalue weighted by molar-refractivity contribution is -0.122. The Morgan fingerprint density at radius 2 is 1.93 bits per heavy atom. The first-order valence-corrected chi connectivity index (χ1v) is 4.18. The van der Waals surface area contributed by atoms with Crippen LogP contribution < -0.4 is 9.80 Å². The molecule has 1 amide bonds. The largest absolute Gasteiger partial charge is 0.494 e. The summed E-state index contributed by atoms with van der Waals surface area (Å²) in [6.45, 7) is 1.43. The Labute approximate surface area is 83.0 Å². The Hall–Kier alpha value is -1.55. The molecule has 0 N–H and O–H groups in total. The zero-order chi connectivity index (χ0) is 10.6. The summed E-state index contributed by atoms with van der Waals surface area (Å²) in [5.41, 5.74) is 0.602. The van der Waals surface area contributed by atoms with Crippen LogP contribution in [0.2, 0.25) is 0 Å². The highest BCUT2D eigenvalue weighted by Gasteiger charge is 2.14. The van der Waals surface area contributed by atoms with E-state index in [9.17, 15) is 4.79 Å². The number of para-hydroxylation sites is 2. The number of hydrogen-bond acceptors (Lipinski definition) is 3. The van der Waals surface area contributed by atoms with Gasteiger partial charge in [0.15, 0.2) is 0 Å². The molecule has 0 atom stereocenters. The maximum Gasteiger partial charge on any atom is 0.247 e. The molecule has 0 unspecified atom stereocenters. The Kier molecular flexibility index (Phi) is 3.48. The van der Waals surface area contributed by atoms with E-state index in [2.05, 4.69) is 0 Å². The first kappa shape index (κ1) is 10.5. The first-order valence-electron chi connectivity index (χ1n) is 4.18. The Morgan fingerprint density at radius 1 is 1.29 bits per heavy atom. The summed E-state index contributed by atoms with van der Waals surface area (Å²) in [7, 11) is 2.99. The fourth-order valence-corrected chi connectivity index (χ4v) is 1.19.